The number of phenols is 1. The summed E-state index contributed by atoms with van der Waals surface area (Å²) in [5, 5.41) is 13.0. The standard InChI is InChI=1S/C14H19NO/c1-10(2)9-15-14-5-3-4-11-8-12(16)6-7-13(11)14/h6-8,14-16H,1,3-5,9H2,2H3. The molecule has 0 aromatic heterocycles. The van der Waals surface area contributed by atoms with E-state index in [1.165, 1.54) is 24.0 Å². The van der Waals surface area contributed by atoms with Gasteiger partial charge in [-0.1, -0.05) is 18.2 Å². The van der Waals surface area contributed by atoms with E-state index in [1.54, 1.807) is 6.07 Å². The minimum absolute atomic E-state index is 0.374. The third-order valence-corrected chi connectivity index (χ3v) is 3.09. The van der Waals surface area contributed by atoms with Gasteiger partial charge in [0.25, 0.3) is 0 Å². The first kappa shape index (κ1) is 11.2. The van der Waals surface area contributed by atoms with Gasteiger partial charge in [0.15, 0.2) is 0 Å². The molecule has 1 aromatic carbocycles. The van der Waals surface area contributed by atoms with Gasteiger partial charge in [0, 0.05) is 12.6 Å². The highest BCUT2D eigenvalue weighted by atomic mass is 16.3. The van der Waals surface area contributed by atoms with E-state index in [4.69, 9.17) is 0 Å². The Morgan fingerprint density at radius 1 is 1.56 bits per heavy atom. The molecule has 0 aliphatic heterocycles. The topological polar surface area (TPSA) is 32.3 Å². The molecule has 16 heavy (non-hydrogen) atoms. The summed E-state index contributed by atoms with van der Waals surface area (Å²) in [5.41, 5.74) is 3.78. The summed E-state index contributed by atoms with van der Waals surface area (Å²) in [6.07, 6.45) is 3.43. The van der Waals surface area contributed by atoms with Crippen molar-refractivity contribution in [1.82, 2.24) is 5.32 Å². The first-order valence-corrected chi connectivity index (χ1v) is 5.86. The minimum atomic E-state index is 0.374. The van der Waals surface area contributed by atoms with Gasteiger partial charge < -0.3 is 10.4 Å². The van der Waals surface area contributed by atoms with Gasteiger partial charge in [-0.05, 0) is 49.4 Å². The molecule has 2 nitrogen and oxygen atoms in total. The fourth-order valence-corrected chi connectivity index (χ4v) is 2.31. The third-order valence-electron chi connectivity index (χ3n) is 3.09. The minimum Gasteiger partial charge on any atom is -0.508 e. The number of rotatable bonds is 3. The Morgan fingerprint density at radius 3 is 3.12 bits per heavy atom. The van der Waals surface area contributed by atoms with Crippen LogP contribution in [0.1, 0.15) is 36.9 Å². The van der Waals surface area contributed by atoms with Gasteiger partial charge in [-0.2, -0.15) is 0 Å². The molecule has 0 bridgehead atoms. The average Bonchev–Trinajstić information content (AvgIpc) is 2.25. The van der Waals surface area contributed by atoms with Crippen LogP contribution >= 0.6 is 0 Å². The van der Waals surface area contributed by atoms with E-state index in [0.29, 0.717) is 11.8 Å². The Hall–Kier alpha value is -1.28. The van der Waals surface area contributed by atoms with E-state index < -0.39 is 0 Å². The van der Waals surface area contributed by atoms with Crippen molar-refractivity contribution in [2.45, 2.75) is 32.2 Å². The zero-order chi connectivity index (χ0) is 11.5. The van der Waals surface area contributed by atoms with Crippen LogP contribution in [-0.4, -0.2) is 11.7 Å². The number of aryl methyl sites for hydroxylation is 1. The molecule has 0 radical (unpaired) electrons. The van der Waals surface area contributed by atoms with Gasteiger partial charge in [-0.3, -0.25) is 0 Å². The molecule has 0 fully saturated rings. The Balaban J connectivity index is 2.16. The van der Waals surface area contributed by atoms with Crippen molar-refractivity contribution in [1.29, 1.82) is 0 Å². The molecule has 0 heterocycles. The first-order valence-electron chi connectivity index (χ1n) is 5.86. The first-order chi connectivity index (χ1) is 7.66. The quantitative estimate of drug-likeness (QED) is 0.763. The molecule has 86 valence electrons. The smallest absolute Gasteiger partial charge is 0.115 e. The highest BCUT2D eigenvalue weighted by Gasteiger charge is 2.19. The number of nitrogens with one attached hydrogen (secondary N) is 1. The van der Waals surface area contributed by atoms with Crippen LogP contribution in [0.3, 0.4) is 0 Å². The van der Waals surface area contributed by atoms with Crippen LogP contribution in [0.15, 0.2) is 30.4 Å². The Morgan fingerprint density at radius 2 is 2.38 bits per heavy atom. The molecule has 1 aromatic rings. The molecule has 1 atom stereocenters. The fourth-order valence-electron chi connectivity index (χ4n) is 2.31. The summed E-state index contributed by atoms with van der Waals surface area (Å²) < 4.78 is 0. The third kappa shape index (κ3) is 2.45. The molecule has 2 heteroatoms. The molecule has 0 saturated carbocycles. The number of hydrogen-bond acceptors (Lipinski definition) is 2. The van der Waals surface area contributed by atoms with Crippen molar-refractivity contribution in [2.24, 2.45) is 0 Å². The Bertz CT molecular complexity index is 398. The number of phenolic OH excluding ortho intramolecular Hbond substituents is 1. The van der Waals surface area contributed by atoms with Gasteiger partial charge in [0.2, 0.25) is 0 Å². The van der Waals surface area contributed by atoms with Crippen LogP contribution in [0.4, 0.5) is 0 Å². The summed E-state index contributed by atoms with van der Waals surface area (Å²) in [6, 6.07) is 6.13. The van der Waals surface area contributed by atoms with Gasteiger partial charge in [-0.15, -0.1) is 0 Å². The molecule has 2 rings (SSSR count). The summed E-state index contributed by atoms with van der Waals surface area (Å²) in [6.45, 7) is 6.81. The number of fused-ring (bicyclic) bond motifs is 1. The molecule has 1 aliphatic carbocycles. The molecule has 1 unspecified atom stereocenters. The van der Waals surface area contributed by atoms with Crippen LogP contribution in [0.5, 0.6) is 5.75 Å². The van der Waals surface area contributed by atoms with Crippen molar-refractivity contribution in [3.8, 4) is 5.75 Å². The lowest BCUT2D eigenvalue weighted by atomic mass is 9.87. The van der Waals surface area contributed by atoms with Gasteiger partial charge in [0.1, 0.15) is 5.75 Å². The second-order valence-corrected chi connectivity index (χ2v) is 4.67. The molecule has 2 N–H and O–H groups in total. The normalized spacial score (nSPS) is 19.2. The summed E-state index contributed by atoms with van der Waals surface area (Å²) >= 11 is 0. The van der Waals surface area contributed by atoms with E-state index in [2.05, 4.69) is 11.9 Å². The maximum atomic E-state index is 9.46. The number of benzene rings is 1. The van der Waals surface area contributed by atoms with E-state index in [9.17, 15) is 5.11 Å². The summed E-state index contributed by atoms with van der Waals surface area (Å²) in [7, 11) is 0. The van der Waals surface area contributed by atoms with Gasteiger partial charge >= 0.3 is 0 Å². The van der Waals surface area contributed by atoms with Gasteiger partial charge in [-0.25, -0.2) is 0 Å². The fraction of sp³-hybridized carbons (Fsp3) is 0.429. The van der Waals surface area contributed by atoms with Crippen LogP contribution in [0, 0.1) is 0 Å². The molecule has 0 saturated heterocycles. The van der Waals surface area contributed by atoms with E-state index >= 15 is 0 Å². The molecule has 0 amide bonds. The van der Waals surface area contributed by atoms with Crippen molar-refractivity contribution >= 4 is 0 Å². The van der Waals surface area contributed by atoms with E-state index in [0.717, 1.165) is 18.5 Å². The highest BCUT2D eigenvalue weighted by molar-refractivity contribution is 5.38. The van der Waals surface area contributed by atoms with Crippen LogP contribution in [0.2, 0.25) is 0 Å². The van der Waals surface area contributed by atoms with E-state index in [1.807, 2.05) is 19.1 Å². The zero-order valence-corrected chi connectivity index (χ0v) is 9.79. The lowest BCUT2D eigenvalue weighted by molar-refractivity contribution is 0.459. The zero-order valence-electron chi connectivity index (χ0n) is 9.79. The molecular formula is C14H19NO. The molecule has 1 aliphatic rings. The summed E-state index contributed by atoms with van der Waals surface area (Å²) in [5.74, 6) is 0.374. The molecule has 0 spiro atoms. The van der Waals surface area contributed by atoms with Crippen molar-refractivity contribution < 1.29 is 5.11 Å². The largest absolute Gasteiger partial charge is 0.508 e. The average molecular weight is 217 g/mol. The highest BCUT2D eigenvalue weighted by Crippen LogP contribution is 2.31. The SMILES string of the molecule is C=C(C)CNC1CCCc2cc(O)ccc21. The number of aromatic hydroxyl groups is 1. The number of hydrogen-bond donors (Lipinski definition) is 2. The van der Waals surface area contributed by atoms with Crippen LogP contribution in [0.25, 0.3) is 0 Å². The van der Waals surface area contributed by atoms with E-state index in [-0.39, 0.29) is 0 Å². The predicted octanol–water partition coefficient (Wildman–Crippen LogP) is 2.94. The maximum Gasteiger partial charge on any atom is 0.115 e. The Kier molecular flexibility index (Phi) is 3.30. The monoisotopic (exact) mass is 217 g/mol. The second-order valence-electron chi connectivity index (χ2n) is 4.67. The second kappa shape index (κ2) is 4.71. The maximum absolute atomic E-state index is 9.46. The lowest BCUT2D eigenvalue weighted by Gasteiger charge is -2.26. The van der Waals surface area contributed by atoms with Crippen molar-refractivity contribution in [3.05, 3.63) is 41.5 Å². The predicted molar refractivity (Wildman–Crippen MR) is 66.6 cm³/mol. The van der Waals surface area contributed by atoms with Gasteiger partial charge in [0.05, 0.1) is 0 Å². The van der Waals surface area contributed by atoms with Crippen LogP contribution < -0.4 is 5.32 Å². The summed E-state index contributed by atoms with van der Waals surface area (Å²) in [4.78, 5) is 0. The lowest BCUT2D eigenvalue weighted by Crippen LogP contribution is -2.26. The van der Waals surface area contributed by atoms with Crippen molar-refractivity contribution in [2.75, 3.05) is 6.54 Å². The molecular weight excluding hydrogens is 198 g/mol. The van der Waals surface area contributed by atoms with Crippen LogP contribution in [-0.2, 0) is 6.42 Å². The Labute approximate surface area is 97.0 Å². The van der Waals surface area contributed by atoms with Crippen molar-refractivity contribution in [3.63, 3.8) is 0 Å².